The molecule has 10 heteroatoms. The fourth-order valence-corrected chi connectivity index (χ4v) is 4.23. The van der Waals surface area contributed by atoms with Crippen LogP contribution >= 0.6 is 46.6 Å². The third-order valence-corrected chi connectivity index (χ3v) is 5.74. The Bertz CT molecular complexity index is 960. The maximum Gasteiger partial charge on any atom is 0.338 e. The molecule has 0 spiro atoms. The van der Waals surface area contributed by atoms with E-state index in [4.69, 9.17) is 39.5 Å². The highest BCUT2D eigenvalue weighted by atomic mass is 35.5. The van der Waals surface area contributed by atoms with Crippen molar-refractivity contribution in [3.8, 4) is 0 Å². The molecule has 1 unspecified atom stereocenters. The van der Waals surface area contributed by atoms with Gasteiger partial charge in [-0.25, -0.2) is 4.79 Å². The fourth-order valence-electron chi connectivity index (χ4n) is 2.39. The lowest BCUT2D eigenvalue weighted by molar-refractivity contribution is -0.119. The van der Waals surface area contributed by atoms with Crippen LogP contribution < -0.4 is 10.6 Å². The lowest BCUT2D eigenvalue weighted by Crippen LogP contribution is -2.26. The summed E-state index contributed by atoms with van der Waals surface area (Å²) >= 11 is 19.2. The van der Waals surface area contributed by atoms with E-state index in [1.165, 1.54) is 30.0 Å². The highest BCUT2D eigenvalue weighted by molar-refractivity contribution is 8.00. The van der Waals surface area contributed by atoms with Gasteiger partial charge in [0, 0.05) is 9.92 Å². The van der Waals surface area contributed by atoms with Gasteiger partial charge in [0.25, 0.3) is 5.91 Å². The Morgan fingerprint density at radius 1 is 1.18 bits per heavy atom. The summed E-state index contributed by atoms with van der Waals surface area (Å²) < 4.78 is 5.02. The van der Waals surface area contributed by atoms with Crippen LogP contribution in [0.3, 0.4) is 0 Å². The Kier molecular flexibility index (Phi) is 6.40. The van der Waals surface area contributed by atoms with Crippen LogP contribution in [0.1, 0.15) is 17.3 Å². The Morgan fingerprint density at radius 3 is 2.54 bits per heavy atom. The molecule has 28 heavy (non-hydrogen) atoms. The summed E-state index contributed by atoms with van der Waals surface area (Å²) in [6, 6.07) is 7.66. The molecule has 0 saturated heterocycles. The second kappa shape index (κ2) is 8.61. The molecule has 0 aromatic heterocycles. The second-order valence-electron chi connectivity index (χ2n) is 5.83. The van der Waals surface area contributed by atoms with Gasteiger partial charge in [0.2, 0.25) is 5.91 Å². The van der Waals surface area contributed by atoms with Crippen molar-refractivity contribution in [2.24, 2.45) is 0 Å². The largest absolute Gasteiger partial charge is 0.452 e. The SMILES string of the molecule is CC1Sc2ccc(C(=O)OCC(=O)Nc3c(Cl)cc(Cl)cc3Cl)cc2NC1=O. The van der Waals surface area contributed by atoms with Crippen molar-refractivity contribution in [2.75, 3.05) is 17.2 Å². The molecule has 6 nitrogen and oxygen atoms in total. The number of hydrogen-bond donors (Lipinski definition) is 2. The molecular weight excluding hydrogens is 447 g/mol. The lowest BCUT2D eigenvalue weighted by atomic mass is 10.2. The molecule has 0 saturated carbocycles. The van der Waals surface area contributed by atoms with E-state index in [0.717, 1.165) is 4.90 Å². The zero-order valence-electron chi connectivity index (χ0n) is 14.3. The third kappa shape index (κ3) is 4.72. The van der Waals surface area contributed by atoms with E-state index in [2.05, 4.69) is 10.6 Å². The lowest BCUT2D eigenvalue weighted by Gasteiger charge is -2.21. The molecule has 2 aromatic rings. The molecule has 146 valence electrons. The molecule has 0 radical (unpaired) electrons. The first kappa shape index (κ1) is 20.8. The van der Waals surface area contributed by atoms with Gasteiger partial charge in [-0.2, -0.15) is 0 Å². The monoisotopic (exact) mass is 458 g/mol. The molecule has 1 heterocycles. The summed E-state index contributed by atoms with van der Waals surface area (Å²) in [6.07, 6.45) is 0. The number of amides is 2. The number of carbonyl (C=O) groups excluding carboxylic acids is 3. The Balaban J connectivity index is 1.62. The fraction of sp³-hybridized carbons (Fsp3) is 0.167. The predicted molar refractivity (Wildman–Crippen MR) is 111 cm³/mol. The Labute approximate surface area is 179 Å². The number of thioether (sulfide) groups is 1. The number of fused-ring (bicyclic) bond motifs is 1. The average molecular weight is 460 g/mol. The van der Waals surface area contributed by atoms with Crippen LogP contribution in [0.2, 0.25) is 15.1 Å². The molecule has 0 bridgehead atoms. The van der Waals surface area contributed by atoms with Gasteiger partial charge in [-0.3, -0.25) is 9.59 Å². The average Bonchev–Trinajstić information content (AvgIpc) is 2.63. The quantitative estimate of drug-likeness (QED) is 0.637. The van der Waals surface area contributed by atoms with E-state index < -0.39 is 18.5 Å². The number of carbonyl (C=O) groups is 3. The standard InChI is InChI=1S/C18H13Cl3N2O4S/c1-8-17(25)22-13-4-9(2-3-14(13)28-8)18(26)27-7-15(24)23-16-11(20)5-10(19)6-12(16)21/h2-6,8H,7H2,1H3,(H,22,25)(H,23,24). The molecule has 0 aliphatic carbocycles. The van der Waals surface area contributed by atoms with E-state index in [0.29, 0.717) is 10.7 Å². The number of hydrogen-bond acceptors (Lipinski definition) is 5. The van der Waals surface area contributed by atoms with E-state index in [1.54, 1.807) is 19.1 Å². The zero-order chi connectivity index (χ0) is 20.4. The Hall–Kier alpha value is -1.93. The number of esters is 1. The summed E-state index contributed by atoms with van der Waals surface area (Å²) in [7, 11) is 0. The minimum atomic E-state index is -0.705. The van der Waals surface area contributed by atoms with Crippen molar-refractivity contribution in [1.29, 1.82) is 0 Å². The Morgan fingerprint density at radius 2 is 1.86 bits per heavy atom. The molecule has 2 aromatic carbocycles. The summed E-state index contributed by atoms with van der Waals surface area (Å²) in [6.45, 7) is 1.26. The van der Waals surface area contributed by atoms with Gasteiger partial charge in [0.1, 0.15) is 0 Å². The van der Waals surface area contributed by atoms with Crippen LogP contribution in [-0.4, -0.2) is 29.6 Å². The van der Waals surface area contributed by atoms with E-state index in [1.807, 2.05) is 0 Å². The van der Waals surface area contributed by atoms with Crippen LogP contribution in [-0.2, 0) is 14.3 Å². The van der Waals surface area contributed by atoms with Gasteiger partial charge in [0.15, 0.2) is 6.61 Å². The van der Waals surface area contributed by atoms with Crippen molar-refractivity contribution in [1.82, 2.24) is 0 Å². The predicted octanol–water partition coefficient (Wildman–Crippen LogP) is 4.88. The molecule has 1 aliphatic heterocycles. The highest BCUT2D eigenvalue weighted by Gasteiger charge is 2.24. The summed E-state index contributed by atoms with van der Waals surface area (Å²) in [5.41, 5.74) is 0.924. The van der Waals surface area contributed by atoms with Crippen LogP contribution in [0.25, 0.3) is 0 Å². The minimum absolute atomic E-state index is 0.140. The third-order valence-electron chi connectivity index (χ3n) is 3.75. The van der Waals surface area contributed by atoms with Crippen LogP contribution in [0.5, 0.6) is 0 Å². The van der Waals surface area contributed by atoms with Gasteiger partial charge in [-0.15, -0.1) is 11.8 Å². The summed E-state index contributed by atoms with van der Waals surface area (Å²) in [5.74, 6) is -1.46. The number of anilines is 2. The van der Waals surface area contributed by atoms with Crippen LogP contribution in [0.15, 0.2) is 35.2 Å². The van der Waals surface area contributed by atoms with Gasteiger partial charge >= 0.3 is 5.97 Å². The van der Waals surface area contributed by atoms with Gasteiger partial charge in [0.05, 0.1) is 32.2 Å². The zero-order valence-corrected chi connectivity index (χ0v) is 17.4. The first-order valence-corrected chi connectivity index (χ1v) is 9.99. The van der Waals surface area contributed by atoms with Crippen molar-refractivity contribution in [3.63, 3.8) is 0 Å². The first-order chi connectivity index (χ1) is 13.2. The van der Waals surface area contributed by atoms with Gasteiger partial charge < -0.3 is 15.4 Å². The van der Waals surface area contributed by atoms with E-state index in [-0.39, 0.29) is 32.5 Å². The smallest absolute Gasteiger partial charge is 0.338 e. The number of rotatable bonds is 4. The van der Waals surface area contributed by atoms with Crippen molar-refractivity contribution in [2.45, 2.75) is 17.1 Å². The van der Waals surface area contributed by atoms with E-state index in [9.17, 15) is 14.4 Å². The molecule has 1 aliphatic rings. The highest BCUT2D eigenvalue weighted by Crippen LogP contribution is 2.36. The van der Waals surface area contributed by atoms with Gasteiger partial charge in [-0.1, -0.05) is 34.8 Å². The van der Waals surface area contributed by atoms with Crippen molar-refractivity contribution >= 4 is 75.7 Å². The molecule has 2 amide bonds. The number of halogens is 3. The minimum Gasteiger partial charge on any atom is -0.452 e. The second-order valence-corrected chi connectivity index (χ2v) is 8.46. The van der Waals surface area contributed by atoms with Crippen molar-refractivity contribution in [3.05, 3.63) is 51.0 Å². The van der Waals surface area contributed by atoms with Gasteiger partial charge in [-0.05, 0) is 37.3 Å². The number of ether oxygens (including phenoxy) is 1. The number of benzene rings is 2. The molecule has 3 rings (SSSR count). The summed E-state index contributed by atoms with van der Waals surface area (Å²) in [5, 5.41) is 5.65. The first-order valence-electron chi connectivity index (χ1n) is 7.97. The number of nitrogens with one attached hydrogen (secondary N) is 2. The maximum absolute atomic E-state index is 12.2. The molecule has 1 atom stereocenters. The van der Waals surface area contributed by atoms with E-state index >= 15 is 0 Å². The normalized spacial score (nSPS) is 15.4. The maximum atomic E-state index is 12.2. The molecule has 0 fully saturated rings. The van der Waals surface area contributed by atoms with Crippen molar-refractivity contribution < 1.29 is 19.1 Å². The van der Waals surface area contributed by atoms with Crippen LogP contribution in [0, 0.1) is 0 Å². The summed E-state index contributed by atoms with van der Waals surface area (Å²) in [4.78, 5) is 36.9. The topological polar surface area (TPSA) is 84.5 Å². The molecular formula is C18H13Cl3N2O4S. The van der Waals surface area contributed by atoms with Crippen LogP contribution in [0.4, 0.5) is 11.4 Å². The molecule has 2 N–H and O–H groups in total.